The number of rotatable bonds is 22. The van der Waals surface area contributed by atoms with E-state index >= 15 is 0 Å². The molecule has 0 amide bonds. The molecule has 2 aromatic rings. The number of phosphoric acid groups is 1. The van der Waals surface area contributed by atoms with E-state index in [0.29, 0.717) is 17.5 Å². The topological polar surface area (TPSA) is 119 Å². The summed E-state index contributed by atoms with van der Waals surface area (Å²) in [6, 6.07) is 17.2. The van der Waals surface area contributed by atoms with E-state index in [4.69, 9.17) is 19.3 Å². The van der Waals surface area contributed by atoms with Crippen LogP contribution < -0.4 is 0 Å². The molecular formula is C31H43O8P. The number of ketones is 2. The van der Waals surface area contributed by atoms with E-state index < -0.39 is 13.7 Å². The molecule has 0 aliphatic carbocycles. The van der Waals surface area contributed by atoms with Crippen LogP contribution in [0.15, 0.2) is 66.7 Å². The summed E-state index contributed by atoms with van der Waals surface area (Å²) >= 11 is 0. The minimum absolute atomic E-state index is 0.000667. The number of carbonyl (C=O) groups excluding carboxylic acids is 2. The molecule has 2 aromatic carbocycles. The van der Waals surface area contributed by atoms with Gasteiger partial charge in [-0.2, -0.15) is 0 Å². The number of hydrogen-bond acceptors (Lipinski definition) is 6. The number of methoxy groups -OCH3 is 1. The van der Waals surface area contributed by atoms with Gasteiger partial charge in [0.2, 0.25) is 0 Å². The molecule has 0 radical (unpaired) electrons. The van der Waals surface area contributed by atoms with Crippen molar-refractivity contribution in [1.29, 1.82) is 0 Å². The zero-order chi connectivity index (χ0) is 29.1. The van der Waals surface area contributed by atoms with Gasteiger partial charge in [0.15, 0.2) is 5.78 Å². The number of Topliss-reactive ketones (excluding diaryl/α,β-unsaturated/α-hetero) is 1. The Bertz CT molecular complexity index is 1060. The van der Waals surface area contributed by atoms with Crippen LogP contribution in [0.4, 0.5) is 0 Å². The third-order valence-corrected chi connectivity index (χ3v) is 6.95. The van der Waals surface area contributed by atoms with Crippen molar-refractivity contribution in [3.8, 4) is 0 Å². The summed E-state index contributed by atoms with van der Waals surface area (Å²) in [6.45, 7) is -0.372. The van der Waals surface area contributed by atoms with Crippen LogP contribution in [-0.2, 0) is 29.8 Å². The molecule has 0 fully saturated rings. The fraction of sp³-hybridized carbons (Fsp3) is 0.484. The number of unbranched alkanes of at least 4 members (excludes halogenated alkanes) is 6. The largest absolute Gasteiger partial charge is 0.469 e. The summed E-state index contributed by atoms with van der Waals surface area (Å²) in [4.78, 5) is 42.7. The molecule has 0 spiro atoms. The van der Waals surface area contributed by atoms with Gasteiger partial charge in [0.25, 0.3) is 0 Å². The Morgan fingerprint density at radius 3 is 2.12 bits per heavy atom. The van der Waals surface area contributed by atoms with Crippen molar-refractivity contribution < 1.29 is 37.9 Å². The van der Waals surface area contributed by atoms with Gasteiger partial charge in [-0.05, 0) is 44.1 Å². The number of phosphoric ester groups is 1. The van der Waals surface area contributed by atoms with Gasteiger partial charge >= 0.3 is 7.82 Å². The summed E-state index contributed by atoms with van der Waals surface area (Å²) in [6.07, 6.45) is 13.8. The van der Waals surface area contributed by atoms with Gasteiger partial charge in [0.1, 0.15) is 12.6 Å². The van der Waals surface area contributed by atoms with Crippen LogP contribution in [0, 0.1) is 5.92 Å². The number of ether oxygens (including phenoxy) is 2. The standard InChI is InChI=1S/C31H43O8P/c1-37-25-38-23-29(24-39-40(34,35)36)30(32)18-14-9-7-5-3-2-4-6-8-11-15-26-19-21-28(22-20-26)31(33)27-16-12-10-13-17-27/h4,6,10,12-13,16-17,19-22,29H,2-3,5,7-9,11,14-15,18,23-25H2,1H3,(H2,34,35,36)/b6-4-/t29-/m1/s1. The maximum Gasteiger partial charge on any atom is 0.469 e. The predicted molar refractivity (Wildman–Crippen MR) is 155 cm³/mol. The van der Waals surface area contributed by atoms with Crippen molar-refractivity contribution in [2.75, 3.05) is 27.1 Å². The van der Waals surface area contributed by atoms with Crippen molar-refractivity contribution in [2.24, 2.45) is 5.92 Å². The highest BCUT2D eigenvalue weighted by molar-refractivity contribution is 7.46. The third-order valence-electron chi connectivity index (χ3n) is 6.47. The van der Waals surface area contributed by atoms with E-state index in [1.807, 2.05) is 54.6 Å². The Kier molecular flexibility index (Phi) is 16.5. The van der Waals surface area contributed by atoms with Gasteiger partial charge in [-0.25, -0.2) is 4.57 Å². The van der Waals surface area contributed by atoms with Gasteiger partial charge < -0.3 is 19.3 Å². The lowest BCUT2D eigenvalue weighted by Crippen LogP contribution is -2.25. The van der Waals surface area contributed by atoms with E-state index in [1.54, 1.807) is 0 Å². The normalized spacial score (nSPS) is 12.6. The van der Waals surface area contributed by atoms with Gasteiger partial charge in [-0.3, -0.25) is 14.1 Å². The van der Waals surface area contributed by atoms with E-state index in [-0.39, 0.29) is 31.6 Å². The fourth-order valence-electron chi connectivity index (χ4n) is 4.23. The molecule has 2 N–H and O–H groups in total. The Morgan fingerprint density at radius 1 is 0.825 bits per heavy atom. The van der Waals surface area contributed by atoms with E-state index in [1.165, 1.54) is 12.7 Å². The summed E-state index contributed by atoms with van der Waals surface area (Å²) in [7, 11) is -3.18. The van der Waals surface area contributed by atoms with Crippen molar-refractivity contribution in [2.45, 2.75) is 64.2 Å². The minimum atomic E-state index is -4.64. The first-order valence-electron chi connectivity index (χ1n) is 13.9. The van der Waals surface area contributed by atoms with Gasteiger partial charge in [-0.15, -0.1) is 0 Å². The van der Waals surface area contributed by atoms with Gasteiger partial charge in [-0.1, -0.05) is 86.0 Å². The van der Waals surface area contributed by atoms with Gasteiger partial charge in [0.05, 0.1) is 19.1 Å². The highest BCUT2D eigenvalue weighted by Gasteiger charge is 2.23. The Labute approximate surface area is 238 Å². The molecule has 0 heterocycles. The molecule has 1 atom stereocenters. The van der Waals surface area contributed by atoms with Crippen LogP contribution in [0.25, 0.3) is 0 Å². The van der Waals surface area contributed by atoms with Crippen LogP contribution in [0.3, 0.4) is 0 Å². The van der Waals surface area contributed by atoms with Crippen LogP contribution >= 0.6 is 7.82 Å². The van der Waals surface area contributed by atoms with Crippen molar-refractivity contribution in [1.82, 2.24) is 0 Å². The Balaban J connectivity index is 1.52. The second-order valence-electron chi connectivity index (χ2n) is 9.79. The molecule has 220 valence electrons. The van der Waals surface area contributed by atoms with Crippen LogP contribution in [-0.4, -0.2) is 48.5 Å². The van der Waals surface area contributed by atoms with Crippen molar-refractivity contribution >= 4 is 19.4 Å². The first-order valence-corrected chi connectivity index (χ1v) is 15.5. The van der Waals surface area contributed by atoms with Crippen molar-refractivity contribution in [3.63, 3.8) is 0 Å². The number of aryl methyl sites for hydroxylation is 1. The number of hydrogen-bond donors (Lipinski definition) is 2. The quantitative estimate of drug-likeness (QED) is 0.0542. The van der Waals surface area contributed by atoms with Gasteiger partial charge in [0, 0.05) is 24.7 Å². The molecule has 0 unspecified atom stereocenters. The third kappa shape index (κ3) is 14.8. The maximum absolute atomic E-state index is 12.5. The lowest BCUT2D eigenvalue weighted by molar-refractivity contribution is -0.128. The lowest BCUT2D eigenvalue weighted by Gasteiger charge is -2.16. The zero-order valence-corrected chi connectivity index (χ0v) is 24.3. The molecule has 8 nitrogen and oxygen atoms in total. The number of allylic oxidation sites excluding steroid dienone is 2. The summed E-state index contributed by atoms with van der Waals surface area (Å²) in [5.74, 6) is -0.799. The van der Waals surface area contributed by atoms with Crippen LogP contribution in [0.1, 0.15) is 79.3 Å². The molecular weight excluding hydrogens is 531 g/mol. The van der Waals surface area contributed by atoms with E-state index in [9.17, 15) is 14.2 Å². The van der Waals surface area contributed by atoms with Crippen LogP contribution in [0.2, 0.25) is 0 Å². The summed E-state index contributed by atoms with van der Waals surface area (Å²) in [5.41, 5.74) is 2.66. The fourth-order valence-corrected chi connectivity index (χ4v) is 4.60. The molecule has 0 aromatic heterocycles. The zero-order valence-electron chi connectivity index (χ0n) is 23.4. The highest BCUT2D eigenvalue weighted by atomic mass is 31.2. The van der Waals surface area contributed by atoms with Crippen molar-refractivity contribution in [3.05, 3.63) is 83.4 Å². The second-order valence-corrected chi connectivity index (χ2v) is 11.0. The number of carbonyl (C=O) groups is 2. The molecule has 40 heavy (non-hydrogen) atoms. The van der Waals surface area contributed by atoms with E-state index in [2.05, 4.69) is 16.7 Å². The first-order chi connectivity index (χ1) is 19.3. The molecule has 2 rings (SSSR count). The second kappa shape index (κ2) is 19.6. The Hall–Kier alpha value is -2.45. The summed E-state index contributed by atoms with van der Waals surface area (Å²) < 4.78 is 25.4. The number of benzene rings is 2. The molecule has 0 bridgehead atoms. The predicted octanol–water partition coefficient (Wildman–Crippen LogP) is 6.44. The molecule has 0 aliphatic rings. The molecule has 0 saturated carbocycles. The smallest absolute Gasteiger partial charge is 0.359 e. The molecule has 9 heteroatoms. The minimum Gasteiger partial charge on any atom is -0.359 e. The average Bonchev–Trinajstić information content (AvgIpc) is 2.95. The van der Waals surface area contributed by atoms with E-state index in [0.717, 1.165) is 57.8 Å². The maximum atomic E-state index is 12.5. The monoisotopic (exact) mass is 574 g/mol. The summed E-state index contributed by atoms with van der Waals surface area (Å²) in [5, 5.41) is 0. The highest BCUT2D eigenvalue weighted by Crippen LogP contribution is 2.36. The van der Waals surface area contributed by atoms with Crippen LogP contribution in [0.5, 0.6) is 0 Å². The molecule has 0 aliphatic heterocycles. The first kappa shape index (κ1) is 33.8. The lowest BCUT2D eigenvalue weighted by atomic mass is 10.00. The average molecular weight is 575 g/mol. The Morgan fingerprint density at radius 2 is 1.45 bits per heavy atom. The SMILES string of the molecule is COCOC[C@H](COP(=O)(O)O)C(=O)CCCCCCC/C=C\CCCc1ccc(C(=O)c2ccccc2)cc1. The molecule has 0 saturated heterocycles.